The average Bonchev–Trinajstić information content (AvgIpc) is 2.79. The number of halogens is 3. The highest BCUT2D eigenvalue weighted by molar-refractivity contribution is 6.39. The second-order valence-electron chi connectivity index (χ2n) is 8.22. The van der Waals surface area contributed by atoms with Crippen LogP contribution in [0.3, 0.4) is 0 Å². The predicted molar refractivity (Wildman–Crippen MR) is 131 cm³/mol. The molecule has 0 radical (unpaired) electrons. The van der Waals surface area contributed by atoms with Crippen molar-refractivity contribution >= 4 is 41.1 Å². The van der Waals surface area contributed by atoms with Gasteiger partial charge in [0.15, 0.2) is 0 Å². The largest absolute Gasteiger partial charge is 0.488 e. The van der Waals surface area contributed by atoms with Crippen LogP contribution in [0.15, 0.2) is 40.3 Å². The van der Waals surface area contributed by atoms with Crippen LogP contribution >= 0.6 is 23.2 Å². The summed E-state index contributed by atoms with van der Waals surface area (Å²) in [6.07, 6.45) is 4.48. The Bertz CT molecular complexity index is 1140. The van der Waals surface area contributed by atoms with Crippen LogP contribution in [0.4, 0.5) is 4.39 Å². The van der Waals surface area contributed by atoms with E-state index in [0.717, 1.165) is 11.1 Å². The molecule has 0 saturated carbocycles. The lowest BCUT2D eigenvalue weighted by atomic mass is 9.92. The fraction of sp³-hybridized carbons (Fsp3) is 0.360. The molecule has 4 rings (SSSR count). The maximum atomic E-state index is 13.7. The van der Waals surface area contributed by atoms with Crippen LogP contribution in [0.5, 0.6) is 5.75 Å². The molecule has 0 bridgehead atoms. The van der Waals surface area contributed by atoms with Gasteiger partial charge in [-0.3, -0.25) is 0 Å². The smallest absolute Gasteiger partial charge is 0.209 e. The third-order valence-electron chi connectivity index (χ3n) is 5.72. The van der Waals surface area contributed by atoms with E-state index in [1.807, 2.05) is 24.3 Å². The summed E-state index contributed by atoms with van der Waals surface area (Å²) in [5.74, 6) is 1.54. The van der Waals surface area contributed by atoms with E-state index in [0.29, 0.717) is 41.7 Å². The Kier molecular flexibility index (Phi) is 6.96. The van der Waals surface area contributed by atoms with E-state index in [-0.39, 0.29) is 28.0 Å². The number of nitrogens with zero attached hydrogens (tertiary/aromatic N) is 2. The summed E-state index contributed by atoms with van der Waals surface area (Å²) in [5.41, 5.74) is 3.13. The van der Waals surface area contributed by atoms with E-state index in [1.54, 1.807) is 14.2 Å². The summed E-state index contributed by atoms with van der Waals surface area (Å²) < 4.78 is 30.9. The SMILES string of the molecule is COC1=N[C@H](C(C)C)C(OC)=N[C@H]1Cc1ccc(-c2c(Cl)cc(F)cc2Cl)c2c1C=CCO2. The van der Waals surface area contributed by atoms with E-state index in [4.69, 9.17) is 47.4 Å². The summed E-state index contributed by atoms with van der Waals surface area (Å²) in [6, 6.07) is 5.86. The molecule has 174 valence electrons. The van der Waals surface area contributed by atoms with Crippen molar-refractivity contribution in [2.45, 2.75) is 32.4 Å². The Morgan fingerprint density at radius 2 is 1.79 bits per heavy atom. The van der Waals surface area contributed by atoms with Gasteiger partial charge in [-0.05, 0) is 29.7 Å². The Balaban J connectivity index is 1.76. The minimum atomic E-state index is -0.491. The van der Waals surface area contributed by atoms with Gasteiger partial charge in [0, 0.05) is 23.1 Å². The predicted octanol–water partition coefficient (Wildman–Crippen LogP) is 6.24. The number of benzene rings is 2. The van der Waals surface area contributed by atoms with Gasteiger partial charge < -0.3 is 14.2 Å². The van der Waals surface area contributed by atoms with E-state index >= 15 is 0 Å². The van der Waals surface area contributed by atoms with Crippen LogP contribution < -0.4 is 4.74 Å². The molecule has 0 spiro atoms. The number of methoxy groups -OCH3 is 2. The van der Waals surface area contributed by atoms with Crippen molar-refractivity contribution in [1.82, 2.24) is 0 Å². The molecule has 2 aromatic carbocycles. The Morgan fingerprint density at radius 3 is 2.42 bits per heavy atom. The molecule has 2 aliphatic heterocycles. The summed E-state index contributed by atoms with van der Waals surface area (Å²) in [6.45, 7) is 4.55. The lowest BCUT2D eigenvalue weighted by Crippen LogP contribution is -2.38. The number of rotatable bonds is 4. The highest BCUT2D eigenvalue weighted by Crippen LogP contribution is 2.44. The van der Waals surface area contributed by atoms with E-state index in [1.165, 1.54) is 12.1 Å². The van der Waals surface area contributed by atoms with Crippen molar-refractivity contribution in [3.63, 3.8) is 0 Å². The van der Waals surface area contributed by atoms with E-state index in [9.17, 15) is 4.39 Å². The van der Waals surface area contributed by atoms with Gasteiger partial charge in [-0.15, -0.1) is 0 Å². The van der Waals surface area contributed by atoms with Crippen molar-refractivity contribution in [3.05, 3.63) is 57.3 Å². The zero-order chi connectivity index (χ0) is 23.7. The fourth-order valence-corrected chi connectivity index (χ4v) is 4.82. The van der Waals surface area contributed by atoms with Gasteiger partial charge >= 0.3 is 0 Å². The molecule has 0 unspecified atom stereocenters. The first-order chi connectivity index (χ1) is 15.8. The molecular formula is C25H25Cl2FN2O3. The molecule has 33 heavy (non-hydrogen) atoms. The van der Waals surface area contributed by atoms with Gasteiger partial charge in [0.1, 0.15) is 30.3 Å². The molecular weight excluding hydrogens is 466 g/mol. The molecule has 0 amide bonds. The first kappa shape index (κ1) is 23.6. The zero-order valence-corrected chi connectivity index (χ0v) is 20.4. The fourth-order valence-electron chi connectivity index (χ4n) is 4.15. The summed E-state index contributed by atoms with van der Waals surface area (Å²) >= 11 is 12.7. The summed E-state index contributed by atoms with van der Waals surface area (Å²) in [7, 11) is 3.22. The first-order valence-electron chi connectivity index (χ1n) is 10.7. The van der Waals surface area contributed by atoms with E-state index < -0.39 is 5.82 Å². The number of aliphatic imine (C=N–C) groups is 2. The summed E-state index contributed by atoms with van der Waals surface area (Å²) in [4.78, 5) is 9.57. The lowest BCUT2D eigenvalue weighted by Gasteiger charge is -2.28. The van der Waals surface area contributed by atoms with Crippen molar-refractivity contribution in [1.29, 1.82) is 0 Å². The number of hydrogen-bond donors (Lipinski definition) is 0. The maximum absolute atomic E-state index is 13.7. The van der Waals surface area contributed by atoms with Crippen molar-refractivity contribution < 1.29 is 18.6 Å². The molecule has 0 fully saturated rings. The molecule has 5 nitrogen and oxygen atoms in total. The summed E-state index contributed by atoms with van der Waals surface area (Å²) in [5, 5.41) is 0.450. The van der Waals surface area contributed by atoms with Gasteiger partial charge in [0.25, 0.3) is 0 Å². The molecule has 0 aromatic heterocycles. The van der Waals surface area contributed by atoms with Gasteiger partial charge in [0.05, 0.1) is 24.3 Å². The maximum Gasteiger partial charge on any atom is 0.209 e. The van der Waals surface area contributed by atoms with Crippen LogP contribution in [0, 0.1) is 11.7 Å². The van der Waals surface area contributed by atoms with Crippen molar-refractivity contribution in [2.75, 3.05) is 20.8 Å². The molecule has 0 N–H and O–H groups in total. The number of fused-ring (bicyclic) bond motifs is 1. The van der Waals surface area contributed by atoms with Crippen LogP contribution in [0.25, 0.3) is 17.2 Å². The standard InChI is InChI=1S/C25H25Cl2FN2O3/c1-13(2)22-25(32-4)29-20(24(30-22)31-3)10-14-7-8-17(23-16(14)6-5-9-33-23)21-18(26)11-15(28)12-19(21)27/h5-8,11-13,20,22H,9-10H2,1-4H3/t20-,22+/m0/s1. The van der Waals surface area contributed by atoms with E-state index in [2.05, 4.69) is 13.8 Å². The molecule has 2 atom stereocenters. The third kappa shape index (κ3) is 4.59. The van der Waals surface area contributed by atoms with Gasteiger partial charge in [-0.2, -0.15) is 0 Å². The van der Waals surface area contributed by atoms with Crippen LogP contribution in [-0.2, 0) is 15.9 Å². The minimum Gasteiger partial charge on any atom is -0.488 e. The highest BCUT2D eigenvalue weighted by Gasteiger charge is 2.32. The van der Waals surface area contributed by atoms with Crippen LogP contribution in [0.1, 0.15) is 25.0 Å². The van der Waals surface area contributed by atoms with Crippen LogP contribution in [-0.4, -0.2) is 44.7 Å². The van der Waals surface area contributed by atoms with Crippen molar-refractivity contribution in [3.8, 4) is 16.9 Å². The second-order valence-corrected chi connectivity index (χ2v) is 9.04. The second kappa shape index (κ2) is 9.74. The average molecular weight is 491 g/mol. The van der Waals surface area contributed by atoms with Gasteiger partial charge in [-0.1, -0.05) is 55.3 Å². The first-order valence-corrected chi connectivity index (χ1v) is 11.4. The molecule has 8 heteroatoms. The molecule has 2 heterocycles. The van der Waals surface area contributed by atoms with Crippen LogP contribution in [0.2, 0.25) is 10.0 Å². The zero-order valence-electron chi connectivity index (χ0n) is 18.9. The molecule has 2 aliphatic rings. The van der Waals surface area contributed by atoms with Gasteiger partial charge in [0.2, 0.25) is 11.8 Å². The third-order valence-corrected chi connectivity index (χ3v) is 6.32. The normalized spacial score (nSPS) is 19.5. The number of hydrogen-bond acceptors (Lipinski definition) is 5. The quantitative estimate of drug-likeness (QED) is 0.509. The Hall–Kier alpha value is -2.57. The topological polar surface area (TPSA) is 52.4 Å². The lowest BCUT2D eigenvalue weighted by molar-refractivity contribution is 0.332. The van der Waals surface area contributed by atoms with Gasteiger partial charge in [-0.25, -0.2) is 14.4 Å². The molecule has 0 aliphatic carbocycles. The number of ether oxygens (including phenoxy) is 3. The Labute approximate surface area is 202 Å². The molecule has 2 aromatic rings. The van der Waals surface area contributed by atoms with Crippen molar-refractivity contribution in [2.24, 2.45) is 15.9 Å². The Morgan fingerprint density at radius 1 is 1.09 bits per heavy atom. The monoisotopic (exact) mass is 490 g/mol. The molecule has 0 saturated heterocycles. The highest BCUT2D eigenvalue weighted by atomic mass is 35.5. The minimum absolute atomic E-state index is 0.177.